The largest absolute Gasteiger partial charge is 0.493 e. The van der Waals surface area contributed by atoms with Crippen LogP contribution in [-0.2, 0) is 12.8 Å². The van der Waals surface area contributed by atoms with Gasteiger partial charge in [0.15, 0.2) is 11.5 Å². The first-order valence-corrected chi connectivity index (χ1v) is 10.4. The number of fused-ring (bicyclic) bond motifs is 1. The number of carbonyl (C=O) groups is 1. The predicted molar refractivity (Wildman–Crippen MR) is 114 cm³/mol. The van der Waals surface area contributed by atoms with E-state index in [1.54, 1.807) is 14.2 Å². The normalized spacial score (nSPS) is 22.7. The number of amides is 1. The zero-order valence-electron chi connectivity index (χ0n) is 17.5. The van der Waals surface area contributed by atoms with Crippen LogP contribution < -0.4 is 14.8 Å². The number of ether oxygens (including phenoxy) is 2. The third kappa shape index (κ3) is 3.97. The Morgan fingerprint density at radius 1 is 1.10 bits per heavy atom. The Labute approximate surface area is 173 Å². The van der Waals surface area contributed by atoms with Crippen LogP contribution in [0.2, 0.25) is 0 Å². The highest BCUT2D eigenvalue weighted by atomic mass is 16.5. The number of hydrogen-bond acceptors (Lipinski definition) is 4. The summed E-state index contributed by atoms with van der Waals surface area (Å²) in [4.78, 5) is 15.3. The summed E-state index contributed by atoms with van der Waals surface area (Å²) in [5.41, 5.74) is 3.11. The van der Waals surface area contributed by atoms with Crippen LogP contribution >= 0.6 is 0 Å². The highest BCUT2D eigenvalue weighted by molar-refractivity contribution is 5.96. The lowest BCUT2D eigenvalue weighted by Gasteiger charge is -2.31. The van der Waals surface area contributed by atoms with Crippen LogP contribution in [0.1, 0.15) is 41.3 Å². The van der Waals surface area contributed by atoms with Crippen LogP contribution in [0.3, 0.4) is 0 Å². The van der Waals surface area contributed by atoms with E-state index in [9.17, 15) is 4.79 Å². The summed E-state index contributed by atoms with van der Waals surface area (Å²) < 4.78 is 10.8. The molecule has 0 saturated carbocycles. The molecule has 4 rings (SSSR count). The van der Waals surface area contributed by atoms with Gasteiger partial charge in [0.25, 0.3) is 5.91 Å². The highest BCUT2D eigenvalue weighted by Gasteiger charge is 2.42. The third-order valence-corrected chi connectivity index (χ3v) is 6.50. The van der Waals surface area contributed by atoms with Crippen molar-refractivity contribution < 1.29 is 14.3 Å². The van der Waals surface area contributed by atoms with Gasteiger partial charge >= 0.3 is 0 Å². The van der Waals surface area contributed by atoms with Gasteiger partial charge in [0.2, 0.25) is 0 Å². The lowest BCUT2D eigenvalue weighted by Crippen LogP contribution is -2.50. The van der Waals surface area contributed by atoms with E-state index in [0.29, 0.717) is 6.04 Å². The smallest absolute Gasteiger partial charge is 0.252 e. The quantitative estimate of drug-likeness (QED) is 0.844. The average Bonchev–Trinajstić information content (AvgIpc) is 3.10. The first-order valence-electron chi connectivity index (χ1n) is 10.4. The standard InChI is InChI=1S/C24H30N2O3/c1-17(14-18-8-9-21(28-2)22(15-18)29-3)26-13-12-24(16-26)11-10-19-6-4-5-7-20(19)23(27)25-24/h4-9,15,17H,10-14,16H2,1-3H3,(H,25,27)/t17-,24+/m1/s1. The van der Waals surface area contributed by atoms with Crippen molar-refractivity contribution in [2.24, 2.45) is 0 Å². The Bertz CT molecular complexity index is 897. The minimum atomic E-state index is -0.123. The lowest BCUT2D eigenvalue weighted by molar-refractivity contribution is 0.0899. The molecule has 2 aromatic carbocycles. The summed E-state index contributed by atoms with van der Waals surface area (Å²) in [6.07, 6.45) is 3.88. The summed E-state index contributed by atoms with van der Waals surface area (Å²) in [7, 11) is 3.32. The maximum absolute atomic E-state index is 12.8. The molecule has 0 bridgehead atoms. The SMILES string of the molecule is COc1ccc(C[C@@H](C)N2CC[C@@]3(CCc4ccccc4C(=O)N3)C2)cc1OC. The topological polar surface area (TPSA) is 50.8 Å². The van der Waals surface area contributed by atoms with Gasteiger partial charge in [0.05, 0.1) is 19.8 Å². The molecule has 2 aromatic rings. The fourth-order valence-corrected chi connectivity index (χ4v) is 4.77. The molecule has 5 nitrogen and oxygen atoms in total. The van der Waals surface area contributed by atoms with Crippen LogP contribution in [0.25, 0.3) is 0 Å². The maximum Gasteiger partial charge on any atom is 0.252 e. The van der Waals surface area contributed by atoms with Gasteiger partial charge in [0.1, 0.15) is 0 Å². The van der Waals surface area contributed by atoms with Crippen molar-refractivity contribution >= 4 is 5.91 Å². The Morgan fingerprint density at radius 3 is 2.69 bits per heavy atom. The number of hydrogen-bond donors (Lipinski definition) is 1. The first kappa shape index (κ1) is 19.8. The molecule has 2 atom stereocenters. The molecule has 0 aromatic heterocycles. The van der Waals surface area contributed by atoms with Gasteiger partial charge in [-0.15, -0.1) is 0 Å². The van der Waals surface area contributed by atoms with E-state index in [1.165, 1.54) is 11.1 Å². The molecule has 1 fully saturated rings. The maximum atomic E-state index is 12.8. The molecule has 29 heavy (non-hydrogen) atoms. The molecule has 5 heteroatoms. The number of nitrogens with zero attached hydrogens (tertiary/aromatic N) is 1. The molecular weight excluding hydrogens is 364 g/mol. The Kier molecular flexibility index (Phi) is 5.50. The van der Waals surface area contributed by atoms with E-state index in [2.05, 4.69) is 35.3 Å². The monoisotopic (exact) mass is 394 g/mol. The van der Waals surface area contributed by atoms with Crippen molar-refractivity contribution in [2.75, 3.05) is 27.3 Å². The fourth-order valence-electron chi connectivity index (χ4n) is 4.77. The van der Waals surface area contributed by atoms with Crippen molar-refractivity contribution in [1.29, 1.82) is 0 Å². The molecule has 1 N–H and O–H groups in total. The van der Waals surface area contributed by atoms with Crippen molar-refractivity contribution in [3.63, 3.8) is 0 Å². The molecule has 1 spiro atoms. The summed E-state index contributed by atoms with van der Waals surface area (Å²) in [6.45, 7) is 4.18. The van der Waals surface area contributed by atoms with Gasteiger partial charge in [-0.1, -0.05) is 24.3 Å². The van der Waals surface area contributed by atoms with Crippen LogP contribution in [0, 0.1) is 0 Å². The first-order chi connectivity index (χ1) is 14.0. The minimum absolute atomic E-state index is 0.0764. The average molecular weight is 395 g/mol. The lowest BCUT2D eigenvalue weighted by atomic mass is 9.91. The second-order valence-electron chi connectivity index (χ2n) is 8.35. The molecule has 2 aliphatic rings. The van der Waals surface area contributed by atoms with Crippen molar-refractivity contribution in [2.45, 2.75) is 44.2 Å². The second kappa shape index (κ2) is 8.07. The van der Waals surface area contributed by atoms with Crippen molar-refractivity contribution in [3.8, 4) is 11.5 Å². The second-order valence-corrected chi connectivity index (χ2v) is 8.35. The Hall–Kier alpha value is -2.53. The van der Waals surface area contributed by atoms with Gasteiger partial charge in [-0.05, 0) is 61.9 Å². The van der Waals surface area contributed by atoms with E-state index in [4.69, 9.17) is 9.47 Å². The number of likely N-dealkylation sites (tertiary alicyclic amines) is 1. The number of benzene rings is 2. The van der Waals surface area contributed by atoms with Crippen LogP contribution in [0.5, 0.6) is 11.5 Å². The minimum Gasteiger partial charge on any atom is -0.493 e. The highest BCUT2D eigenvalue weighted by Crippen LogP contribution is 2.33. The van der Waals surface area contributed by atoms with E-state index in [0.717, 1.165) is 55.8 Å². The number of nitrogens with one attached hydrogen (secondary N) is 1. The Morgan fingerprint density at radius 2 is 1.90 bits per heavy atom. The summed E-state index contributed by atoms with van der Waals surface area (Å²) in [5, 5.41) is 3.38. The van der Waals surface area contributed by atoms with Gasteiger partial charge < -0.3 is 14.8 Å². The summed E-state index contributed by atoms with van der Waals surface area (Å²) in [5.74, 6) is 1.60. The molecule has 1 saturated heterocycles. The molecule has 154 valence electrons. The zero-order chi connectivity index (χ0) is 20.4. The van der Waals surface area contributed by atoms with Gasteiger partial charge in [-0.3, -0.25) is 9.69 Å². The molecular formula is C24H30N2O3. The van der Waals surface area contributed by atoms with E-state index >= 15 is 0 Å². The molecule has 2 heterocycles. The van der Waals surface area contributed by atoms with Gasteiger partial charge in [-0.25, -0.2) is 0 Å². The molecule has 1 amide bonds. The molecule has 2 aliphatic heterocycles. The third-order valence-electron chi connectivity index (χ3n) is 6.50. The number of aryl methyl sites for hydroxylation is 1. The Balaban J connectivity index is 1.44. The predicted octanol–water partition coefficient (Wildman–Crippen LogP) is 3.46. The van der Waals surface area contributed by atoms with Crippen LogP contribution in [-0.4, -0.2) is 49.7 Å². The number of carbonyl (C=O) groups excluding carboxylic acids is 1. The molecule has 0 radical (unpaired) electrons. The van der Waals surface area contributed by atoms with Gasteiger partial charge in [0, 0.05) is 24.7 Å². The molecule has 0 unspecified atom stereocenters. The van der Waals surface area contributed by atoms with Crippen LogP contribution in [0.4, 0.5) is 0 Å². The summed E-state index contributed by atoms with van der Waals surface area (Å²) in [6, 6.07) is 14.5. The van der Waals surface area contributed by atoms with Crippen molar-refractivity contribution in [1.82, 2.24) is 10.2 Å². The van der Waals surface area contributed by atoms with Crippen molar-refractivity contribution in [3.05, 3.63) is 59.2 Å². The summed E-state index contributed by atoms with van der Waals surface area (Å²) >= 11 is 0. The van der Waals surface area contributed by atoms with Gasteiger partial charge in [-0.2, -0.15) is 0 Å². The zero-order valence-corrected chi connectivity index (χ0v) is 17.5. The fraction of sp³-hybridized carbons (Fsp3) is 0.458. The van der Waals surface area contributed by atoms with E-state index in [-0.39, 0.29) is 11.4 Å². The van der Waals surface area contributed by atoms with E-state index < -0.39 is 0 Å². The van der Waals surface area contributed by atoms with Crippen LogP contribution in [0.15, 0.2) is 42.5 Å². The number of rotatable bonds is 5. The molecule has 0 aliphatic carbocycles. The number of methoxy groups -OCH3 is 2. The van der Waals surface area contributed by atoms with E-state index in [1.807, 2.05) is 24.3 Å².